The first-order valence-electron chi connectivity index (χ1n) is 14.5. The van der Waals surface area contributed by atoms with Crippen LogP contribution in [0, 0.1) is 5.82 Å². The van der Waals surface area contributed by atoms with Crippen molar-refractivity contribution in [3.63, 3.8) is 0 Å². The molecule has 0 unspecified atom stereocenters. The summed E-state index contributed by atoms with van der Waals surface area (Å²) in [5.41, 5.74) is 2.99. The molecule has 2 aromatic heterocycles. The van der Waals surface area contributed by atoms with Crippen LogP contribution in [0.4, 0.5) is 15.0 Å². The van der Waals surface area contributed by atoms with Crippen molar-refractivity contribution < 1.29 is 14.0 Å². The molecular weight excluding hydrogens is 547 g/mol. The molecule has 2 N–H and O–H groups in total. The molecule has 1 aliphatic heterocycles. The first-order chi connectivity index (χ1) is 20.4. The van der Waals surface area contributed by atoms with Gasteiger partial charge in [-0.25, -0.2) is 19.2 Å². The lowest BCUT2D eigenvalue weighted by molar-refractivity contribution is 0.102. The van der Waals surface area contributed by atoms with Crippen LogP contribution in [0.15, 0.2) is 54.4 Å². The van der Waals surface area contributed by atoms with Gasteiger partial charge in [0.25, 0.3) is 5.91 Å². The topological polar surface area (TPSA) is 108 Å². The highest BCUT2D eigenvalue weighted by molar-refractivity contribution is 6.05. The van der Waals surface area contributed by atoms with E-state index in [1.165, 1.54) is 12.1 Å². The van der Waals surface area contributed by atoms with Gasteiger partial charge >= 0.3 is 6.03 Å². The Labute approximate surface area is 251 Å². The maximum absolute atomic E-state index is 15.6. The molecule has 3 amide bonds. The van der Waals surface area contributed by atoms with E-state index in [1.807, 2.05) is 44.1 Å². The summed E-state index contributed by atoms with van der Waals surface area (Å²) in [5, 5.41) is 5.76. The number of carbonyl (C=O) groups is 2. The zero-order valence-corrected chi connectivity index (χ0v) is 25.6. The zero-order chi connectivity index (χ0) is 31.1. The number of pyridine rings is 1. The number of hydrogen-bond acceptors (Lipinski definition) is 5. The monoisotopic (exact) mass is 586 g/mol. The number of fused-ring (bicyclic) bond motifs is 3. The van der Waals surface area contributed by atoms with E-state index in [0.29, 0.717) is 35.2 Å². The Hall–Kier alpha value is -4.54. The Morgan fingerprint density at radius 1 is 1.21 bits per heavy atom. The second-order valence-electron chi connectivity index (χ2n) is 12.3. The molecule has 226 valence electrons. The van der Waals surface area contributed by atoms with Crippen molar-refractivity contribution in [1.29, 1.82) is 0 Å². The van der Waals surface area contributed by atoms with Crippen molar-refractivity contribution in [2.24, 2.45) is 4.99 Å². The summed E-state index contributed by atoms with van der Waals surface area (Å²) >= 11 is 0. The van der Waals surface area contributed by atoms with Gasteiger partial charge in [-0.15, -0.1) is 0 Å². The molecular formula is C32H39FN8O2. The van der Waals surface area contributed by atoms with E-state index < -0.39 is 17.3 Å². The van der Waals surface area contributed by atoms with Crippen molar-refractivity contribution in [3.8, 4) is 5.69 Å². The Balaban J connectivity index is 1.48. The van der Waals surface area contributed by atoms with Gasteiger partial charge in [-0.2, -0.15) is 0 Å². The smallest absolute Gasteiger partial charge is 0.318 e. The van der Waals surface area contributed by atoms with Gasteiger partial charge in [0.2, 0.25) is 0 Å². The number of aliphatic imine (C=N–C) groups is 1. The number of aromatic nitrogens is 3. The number of amides is 3. The molecule has 1 aliphatic carbocycles. The SMILES string of the molecule is C=CN(C(=NC)c1cccc(NC(=O)c2cc3c(cc2F)CN(C(=O)NC(C)(C)C)Cc2c(C4CC4)ncn2-3)n1)C(C)C. The maximum atomic E-state index is 15.6. The molecule has 43 heavy (non-hydrogen) atoms. The second kappa shape index (κ2) is 11.6. The highest BCUT2D eigenvalue weighted by atomic mass is 19.1. The molecule has 11 heteroatoms. The predicted octanol–water partition coefficient (Wildman–Crippen LogP) is 5.59. The largest absolute Gasteiger partial charge is 0.333 e. The number of imidazole rings is 1. The fourth-order valence-corrected chi connectivity index (χ4v) is 5.28. The third-order valence-corrected chi connectivity index (χ3v) is 7.44. The molecule has 5 rings (SSSR count). The molecule has 0 radical (unpaired) electrons. The van der Waals surface area contributed by atoms with Crippen LogP contribution in [0.25, 0.3) is 5.69 Å². The molecule has 0 spiro atoms. The van der Waals surface area contributed by atoms with Crippen LogP contribution in [-0.2, 0) is 13.1 Å². The molecule has 10 nitrogen and oxygen atoms in total. The van der Waals surface area contributed by atoms with Gasteiger partial charge in [0.05, 0.1) is 35.5 Å². The second-order valence-corrected chi connectivity index (χ2v) is 12.3. The lowest BCUT2D eigenvalue weighted by Crippen LogP contribution is -2.47. The number of hydrogen-bond donors (Lipinski definition) is 2. The molecule has 1 fully saturated rings. The number of benzene rings is 1. The third kappa shape index (κ3) is 6.30. The number of urea groups is 1. The number of carbonyl (C=O) groups excluding carboxylic acids is 2. The lowest BCUT2D eigenvalue weighted by atomic mass is 10.1. The van der Waals surface area contributed by atoms with E-state index in [2.05, 4.69) is 32.2 Å². The number of anilines is 1. The van der Waals surface area contributed by atoms with Crippen molar-refractivity contribution in [1.82, 2.24) is 29.7 Å². The number of nitrogens with one attached hydrogen (secondary N) is 2. The number of amidine groups is 1. The number of rotatable bonds is 6. The number of nitrogens with zero attached hydrogens (tertiary/aromatic N) is 6. The summed E-state index contributed by atoms with van der Waals surface area (Å²) in [4.78, 5) is 43.9. The summed E-state index contributed by atoms with van der Waals surface area (Å²) in [6.45, 7) is 14.1. The van der Waals surface area contributed by atoms with E-state index in [0.717, 1.165) is 24.2 Å². The van der Waals surface area contributed by atoms with Crippen molar-refractivity contribution in [2.75, 3.05) is 12.4 Å². The molecule has 3 aromatic rings. The summed E-state index contributed by atoms with van der Waals surface area (Å²) in [6, 6.07) is 7.91. The molecule has 1 aromatic carbocycles. The minimum Gasteiger partial charge on any atom is -0.333 e. The Bertz CT molecular complexity index is 1600. The predicted molar refractivity (Wildman–Crippen MR) is 165 cm³/mol. The Kier molecular flexibility index (Phi) is 8.09. The first-order valence-corrected chi connectivity index (χ1v) is 14.5. The minimum absolute atomic E-state index is 0.0916. The van der Waals surface area contributed by atoms with E-state index >= 15 is 4.39 Å². The van der Waals surface area contributed by atoms with Crippen molar-refractivity contribution in [3.05, 3.63) is 83.5 Å². The summed E-state index contributed by atoms with van der Waals surface area (Å²) < 4.78 is 17.5. The van der Waals surface area contributed by atoms with Gasteiger partial charge in [-0.05, 0) is 83.5 Å². The fraction of sp³-hybridized carbons (Fsp3) is 0.406. The van der Waals surface area contributed by atoms with Crippen molar-refractivity contribution >= 4 is 23.6 Å². The van der Waals surface area contributed by atoms with Gasteiger partial charge in [0, 0.05) is 31.1 Å². The number of halogens is 1. The molecule has 0 saturated heterocycles. The van der Waals surface area contributed by atoms with Crippen LogP contribution < -0.4 is 10.6 Å². The summed E-state index contributed by atoms with van der Waals surface area (Å²) in [6.07, 6.45) is 5.47. The van der Waals surface area contributed by atoms with Crippen molar-refractivity contribution in [2.45, 2.75) is 78.0 Å². The summed E-state index contributed by atoms with van der Waals surface area (Å²) in [5.74, 6) is -0.134. The highest BCUT2D eigenvalue weighted by Crippen LogP contribution is 2.42. The van der Waals surface area contributed by atoms with Gasteiger partial charge in [-0.3, -0.25) is 9.79 Å². The van der Waals surface area contributed by atoms with Crippen LogP contribution in [-0.4, -0.2) is 60.7 Å². The molecule has 0 atom stereocenters. The van der Waals surface area contributed by atoms with E-state index in [9.17, 15) is 9.59 Å². The van der Waals surface area contributed by atoms with Crippen LogP contribution in [0.5, 0.6) is 0 Å². The third-order valence-electron chi connectivity index (χ3n) is 7.44. The van der Waals surface area contributed by atoms with E-state index in [-0.39, 0.29) is 30.0 Å². The Morgan fingerprint density at radius 2 is 1.95 bits per heavy atom. The standard InChI is InChI=1S/C32H39FN8O2/c1-8-40(19(2)3)29(34-7)24-10-9-11-27(36-24)37-30(42)22-15-25-21(14-23(22)33)16-39(31(43)38-32(4,5)6)17-26-28(20-12-13-20)35-18-41(25)26/h8-11,14-15,18-20H,1,12-13,16-17H2,2-7H3,(H,38,43)(H,36,37,42). The van der Waals surface area contributed by atoms with Gasteiger partial charge in [0.1, 0.15) is 17.3 Å². The normalized spacial score (nSPS) is 15.0. The minimum atomic E-state index is -0.692. The maximum Gasteiger partial charge on any atom is 0.318 e. The average Bonchev–Trinajstić information content (AvgIpc) is 3.72. The molecule has 1 saturated carbocycles. The summed E-state index contributed by atoms with van der Waals surface area (Å²) in [7, 11) is 1.67. The Morgan fingerprint density at radius 3 is 2.58 bits per heavy atom. The van der Waals surface area contributed by atoms with Crippen LogP contribution in [0.3, 0.4) is 0 Å². The fourth-order valence-electron chi connectivity index (χ4n) is 5.28. The molecule has 0 bridgehead atoms. The average molecular weight is 587 g/mol. The van der Waals surface area contributed by atoms with Crippen LogP contribution in [0.1, 0.15) is 86.4 Å². The van der Waals surface area contributed by atoms with E-state index in [4.69, 9.17) is 0 Å². The van der Waals surface area contributed by atoms with Gasteiger partial charge < -0.3 is 25.0 Å². The van der Waals surface area contributed by atoms with Gasteiger partial charge in [0.15, 0.2) is 5.84 Å². The first kappa shape index (κ1) is 29.9. The van der Waals surface area contributed by atoms with Crippen LogP contribution >= 0.6 is 0 Å². The highest BCUT2D eigenvalue weighted by Gasteiger charge is 2.34. The quantitative estimate of drug-likeness (QED) is 0.289. The lowest BCUT2D eigenvalue weighted by Gasteiger charge is -2.27. The van der Waals surface area contributed by atoms with E-state index in [1.54, 1.807) is 42.7 Å². The van der Waals surface area contributed by atoms with Gasteiger partial charge in [-0.1, -0.05) is 12.6 Å². The zero-order valence-electron chi connectivity index (χ0n) is 25.6. The molecule has 3 heterocycles. The van der Waals surface area contributed by atoms with Crippen LogP contribution in [0.2, 0.25) is 0 Å². The molecule has 2 aliphatic rings.